The van der Waals surface area contributed by atoms with Crippen molar-refractivity contribution in [2.45, 2.75) is 30.7 Å². The number of hydrogen-bond donors (Lipinski definition) is 2. The molecule has 1 fully saturated rings. The van der Waals surface area contributed by atoms with Gasteiger partial charge in [-0.05, 0) is 36.9 Å². The Balaban J connectivity index is 0.000000399. The topological polar surface area (TPSA) is 83.6 Å². The molecule has 0 unspecified atom stereocenters. The van der Waals surface area contributed by atoms with Crippen molar-refractivity contribution in [1.82, 2.24) is 4.31 Å². The third-order valence-corrected chi connectivity index (χ3v) is 3.61. The van der Waals surface area contributed by atoms with E-state index in [-0.39, 0.29) is 11.9 Å². The maximum absolute atomic E-state index is 10.9. The lowest BCUT2D eigenvalue weighted by Gasteiger charge is -2.19. The standard InChI is InChI=1S/C11H13NO2S.C2H5NO/c13-11(14)10-7-4-8-12(10)15-9-5-2-1-3-6-9;1-2(3)4/h1-3,5-6,10H,4,7-8H2,(H,13,14);1H3,(H2,3,4)/t10-;/m0./s1. The van der Waals surface area contributed by atoms with Crippen molar-refractivity contribution in [2.24, 2.45) is 5.73 Å². The van der Waals surface area contributed by atoms with Crippen LogP contribution in [0.4, 0.5) is 0 Å². The summed E-state index contributed by atoms with van der Waals surface area (Å²) in [6.07, 6.45) is 1.73. The summed E-state index contributed by atoms with van der Waals surface area (Å²) in [6, 6.07) is 9.57. The van der Waals surface area contributed by atoms with Gasteiger partial charge in [0.25, 0.3) is 0 Å². The predicted molar refractivity (Wildman–Crippen MR) is 74.5 cm³/mol. The van der Waals surface area contributed by atoms with Gasteiger partial charge < -0.3 is 10.8 Å². The molecule has 0 saturated carbocycles. The van der Waals surface area contributed by atoms with E-state index in [4.69, 9.17) is 5.11 Å². The SMILES string of the molecule is CC(N)=O.O=C(O)[C@@H]1CCCN1Sc1ccccc1. The quantitative estimate of drug-likeness (QED) is 0.825. The lowest BCUT2D eigenvalue weighted by molar-refractivity contribution is -0.140. The number of benzene rings is 1. The van der Waals surface area contributed by atoms with E-state index in [1.54, 1.807) is 11.9 Å². The van der Waals surface area contributed by atoms with Crippen LogP contribution < -0.4 is 5.73 Å². The molecule has 1 saturated heterocycles. The fourth-order valence-corrected chi connectivity index (χ4v) is 2.81. The summed E-state index contributed by atoms with van der Waals surface area (Å²) >= 11 is 1.54. The molecule has 0 spiro atoms. The van der Waals surface area contributed by atoms with Gasteiger partial charge in [-0.2, -0.15) is 0 Å². The first-order chi connectivity index (χ1) is 9.00. The van der Waals surface area contributed by atoms with Crippen molar-refractivity contribution in [3.8, 4) is 0 Å². The van der Waals surface area contributed by atoms with Crippen LogP contribution in [0.25, 0.3) is 0 Å². The summed E-state index contributed by atoms with van der Waals surface area (Å²) in [5.41, 5.74) is 4.47. The Morgan fingerprint density at radius 1 is 1.37 bits per heavy atom. The molecule has 0 aromatic heterocycles. The van der Waals surface area contributed by atoms with Gasteiger partial charge in [-0.3, -0.25) is 9.59 Å². The van der Waals surface area contributed by atoms with E-state index >= 15 is 0 Å². The number of nitrogens with two attached hydrogens (primary N) is 1. The van der Waals surface area contributed by atoms with Crippen molar-refractivity contribution < 1.29 is 14.7 Å². The lowest BCUT2D eigenvalue weighted by Crippen LogP contribution is -2.30. The molecule has 104 valence electrons. The highest BCUT2D eigenvalue weighted by atomic mass is 32.2. The number of carbonyl (C=O) groups excluding carboxylic acids is 1. The normalized spacial score (nSPS) is 18.5. The molecular formula is C13H18N2O3S. The zero-order chi connectivity index (χ0) is 14.3. The van der Waals surface area contributed by atoms with Crippen LogP contribution in [0.3, 0.4) is 0 Å². The Hall–Kier alpha value is -1.53. The molecule has 1 aromatic carbocycles. The summed E-state index contributed by atoms with van der Waals surface area (Å²) in [5.74, 6) is -1.05. The monoisotopic (exact) mass is 282 g/mol. The van der Waals surface area contributed by atoms with Crippen LogP contribution in [0.2, 0.25) is 0 Å². The van der Waals surface area contributed by atoms with Gasteiger partial charge in [0.05, 0.1) is 0 Å². The van der Waals surface area contributed by atoms with Gasteiger partial charge in [0.1, 0.15) is 6.04 Å². The first-order valence-electron chi connectivity index (χ1n) is 5.99. The average molecular weight is 282 g/mol. The van der Waals surface area contributed by atoms with Crippen molar-refractivity contribution in [1.29, 1.82) is 0 Å². The third kappa shape index (κ3) is 5.76. The maximum atomic E-state index is 10.9. The van der Waals surface area contributed by atoms with Crippen molar-refractivity contribution in [3.05, 3.63) is 30.3 Å². The number of carbonyl (C=O) groups is 2. The van der Waals surface area contributed by atoms with Gasteiger partial charge in [-0.15, -0.1) is 0 Å². The van der Waals surface area contributed by atoms with E-state index in [1.807, 2.05) is 34.6 Å². The summed E-state index contributed by atoms with van der Waals surface area (Å²) < 4.78 is 1.96. The maximum Gasteiger partial charge on any atom is 0.321 e. The molecule has 1 heterocycles. The number of rotatable bonds is 3. The van der Waals surface area contributed by atoms with Gasteiger partial charge in [0, 0.05) is 18.4 Å². The molecule has 3 N–H and O–H groups in total. The zero-order valence-electron chi connectivity index (χ0n) is 10.8. The van der Waals surface area contributed by atoms with Gasteiger partial charge in [0.15, 0.2) is 0 Å². The highest BCUT2D eigenvalue weighted by Gasteiger charge is 2.31. The largest absolute Gasteiger partial charge is 0.480 e. The molecular weight excluding hydrogens is 264 g/mol. The molecule has 5 nitrogen and oxygen atoms in total. The van der Waals surface area contributed by atoms with Gasteiger partial charge >= 0.3 is 5.97 Å². The number of aliphatic carboxylic acids is 1. The average Bonchev–Trinajstić information content (AvgIpc) is 2.78. The van der Waals surface area contributed by atoms with Crippen LogP contribution in [0.1, 0.15) is 19.8 Å². The highest BCUT2D eigenvalue weighted by molar-refractivity contribution is 7.97. The number of carboxylic acid groups (broad SMARTS) is 1. The van der Waals surface area contributed by atoms with Crippen molar-refractivity contribution >= 4 is 23.8 Å². The molecule has 19 heavy (non-hydrogen) atoms. The molecule has 1 aromatic rings. The summed E-state index contributed by atoms with van der Waals surface area (Å²) in [7, 11) is 0. The van der Waals surface area contributed by atoms with E-state index < -0.39 is 5.97 Å². The van der Waals surface area contributed by atoms with E-state index in [0.29, 0.717) is 0 Å². The van der Waals surface area contributed by atoms with Crippen molar-refractivity contribution in [2.75, 3.05) is 6.54 Å². The molecule has 1 atom stereocenters. The van der Waals surface area contributed by atoms with E-state index in [0.717, 1.165) is 24.3 Å². The second-order valence-corrected chi connectivity index (χ2v) is 5.27. The molecule has 0 aliphatic carbocycles. The predicted octanol–water partition coefficient (Wildman–Crippen LogP) is 1.73. The lowest BCUT2D eigenvalue weighted by atomic mass is 10.2. The Morgan fingerprint density at radius 2 is 1.95 bits per heavy atom. The third-order valence-electron chi connectivity index (χ3n) is 2.45. The Labute approximate surface area is 116 Å². The second kappa shape index (κ2) is 7.81. The Kier molecular flexibility index (Phi) is 6.38. The molecule has 1 amide bonds. The zero-order valence-corrected chi connectivity index (χ0v) is 11.6. The fourth-order valence-electron chi connectivity index (χ4n) is 1.71. The van der Waals surface area contributed by atoms with Crippen LogP contribution in [-0.4, -0.2) is 33.9 Å². The summed E-state index contributed by atoms with van der Waals surface area (Å²) in [5, 5.41) is 9.01. The smallest absolute Gasteiger partial charge is 0.321 e. The van der Waals surface area contributed by atoms with Crippen LogP contribution in [0.15, 0.2) is 35.2 Å². The van der Waals surface area contributed by atoms with Gasteiger partial charge in [-0.1, -0.05) is 18.2 Å². The summed E-state index contributed by atoms with van der Waals surface area (Å²) in [4.78, 5) is 21.3. The molecule has 0 bridgehead atoms. The number of carboxylic acids is 1. The molecule has 1 aliphatic rings. The van der Waals surface area contributed by atoms with E-state index in [2.05, 4.69) is 5.73 Å². The van der Waals surface area contributed by atoms with Gasteiger partial charge in [0.2, 0.25) is 5.91 Å². The highest BCUT2D eigenvalue weighted by Crippen LogP contribution is 2.30. The minimum absolute atomic E-state index is 0.324. The number of hydrogen-bond acceptors (Lipinski definition) is 4. The fraction of sp³-hybridized carbons (Fsp3) is 0.385. The summed E-state index contributed by atoms with van der Waals surface area (Å²) in [6.45, 7) is 2.16. The van der Waals surface area contributed by atoms with Crippen LogP contribution >= 0.6 is 11.9 Å². The van der Waals surface area contributed by atoms with Crippen LogP contribution in [0.5, 0.6) is 0 Å². The molecule has 1 aliphatic heterocycles. The van der Waals surface area contributed by atoms with Crippen LogP contribution in [0, 0.1) is 0 Å². The number of nitrogens with zero attached hydrogens (tertiary/aromatic N) is 1. The molecule has 6 heteroatoms. The minimum Gasteiger partial charge on any atom is -0.480 e. The Bertz CT molecular complexity index is 421. The second-order valence-electron chi connectivity index (χ2n) is 4.15. The molecule has 0 radical (unpaired) electrons. The number of amides is 1. The first-order valence-corrected chi connectivity index (χ1v) is 6.76. The van der Waals surface area contributed by atoms with Crippen LogP contribution in [-0.2, 0) is 9.59 Å². The first kappa shape index (κ1) is 15.5. The Morgan fingerprint density at radius 3 is 2.47 bits per heavy atom. The van der Waals surface area contributed by atoms with Gasteiger partial charge in [-0.25, -0.2) is 4.31 Å². The van der Waals surface area contributed by atoms with E-state index in [9.17, 15) is 9.59 Å². The molecule has 2 rings (SSSR count). The van der Waals surface area contributed by atoms with E-state index in [1.165, 1.54) is 6.92 Å². The number of primary amides is 1. The minimum atomic E-state index is -0.712. The van der Waals surface area contributed by atoms with Crippen molar-refractivity contribution in [3.63, 3.8) is 0 Å².